The third kappa shape index (κ3) is 5.48. The Hall–Kier alpha value is -3.58. The molecule has 0 fully saturated rings. The molecule has 7 heteroatoms. The summed E-state index contributed by atoms with van der Waals surface area (Å²) in [6, 6.07) is 15.4. The van der Waals surface area contributed by atoms with E-state index in [1.165, 1.54) is 17.4 Å². The number of primary amides is 1. The number of carbonyl (C=O) groups excluding carboxylic acids is 2. The van der Waals surface area contributed by atoms with Crippen LogP contribution in [0.15, 0.2) is 54.6 Å². The predicted octanol–water partition coefficient (Wildman–Crippen LogP) is 5.21. The van der Waals surface area contributed by atoms with Gasteiger partial charge in [-0.25, -0.2) is 0 Å². The number of rotatable bonds is 8. The van der Waals surface area contributed by atoms with Crippen LogP contribution < -0.4 is 20.5 Å². The lowest BCUT2D eigenvalue weighted by atomic mass is 9.88. The predicted molar refractivity (Wildman–Crippen MR) is 135 cm³/mol. The van der Waals surface area contributed by atoms with Crippen LogP contribution in [0.25, 0.3) is 6.08 Å². The molecule has 1 atom stereocenters. The number of nitrogens with two attached hydrogens (primary N) is 1. The van der Waals surface area contributed by atoms with Crippen molar-refractivity contribution in [2.24, 2.45) is 11.7 Å². The SMILES string of the molecule is COc1cc(C=CC(=O)Nc2sc3c(c2C(N)=O)CCC(C)C3)ccc1OCc1ccccc1. The Kier molecular flexibility index (Phi) is 7.33. The normalized spacial score (nSPS) is 15.1. The van der Waals surface area contributed by atoms with E-state index in [4.69, 9.17) is 15.2 Å². The number of carbonyl (C=O) groups is 2. The summed E-state index contributed by atoms with van der Waals surface area (Å²) in [5.41, 5.74) is 8.93. The lowest BCUT2D eigenvalue weighted by Crippen LogP contribution is -2.18. The molecule has 1 aliphatic carbocycles. The molecule has 0 saturated heterocycles. The van der Waals surface area contributed by atoms with Gasteiger partial charge in [-0.15, -0.1) is 11.3 Å². The van der Waals surface area contributed by atoms with Gasteiger partial charge < -0.3 is 20.5 Å². The first kappa shape index (κ1) is 23.6. The van der Waals surface area contributed by atoms with Gasteiger partial charge >= 0.3 is 0 Å². The van der Waals surface area contributed by atoms with Crippen LogP contribution in [0.1, 0.15) is 45.3 Å². The second-order valence-electron chi connectivity index (χ2n) is 8.43. The number of hydrogen-bond acceptors (Lipinski definition) is 5. The maximum absolute atomic E-state index is 12.6. The number of fused-ring (bicyclic) bond motifs is 1. The molecule has 34 heavy (non-hydrogen) atoms. The minimum atomic E-state index is -0.498. The fourth-order valence-corrected chi connectivity index (χ4v) is 5.49. The van der Waals surface area contributed by atoms with E-state index < -0.39 is 5.91 Å². The van der Waals surface area contributed by atoms with Crippen LogP contribution in [0.4, 0.5) is 5.00 Å². The molecule has 0 radical (unpaired) electrons. The summed E-state index contributed by atoms with van der Waals surface area (Å²) in [7, 11) is 1.58. The summed E-state index contributed by atoms with van der Waals surface area (Å²) in [5, 5.41) is 3.38. The monoisotopic (exact) mass is 476 g/mol. The summed E-state index contributed by atoms with van der Waals surface area (Å²) in [5.74, 6) is 0.941. The third-order valence-electron chi connectivity index (χ3n) is 5.85. The molecule has 2 aromatic carbocycles. The molecule has 1 heterocycles. The minimum Gasteiger partial charge on any atom is -0.493 e. The number of anilines is 1. The maximum Gasteiger partial charge on any atom is 0.251 e. The first-order valence-electron chi connectivity index (χ1n) is 11.2. The number of benzene rings is 2. The first-order chi connectivity index (χ1) is 16.4. The zero-order valence-electron chi connectivity index (χ0n) is 19.3. The fraction of sp³-hybridized carbons (Fsp3) is 0.259. The van der Waals surface area contributed by atoms with E-state index in [1.807, 2.05) is 48.5 Å². The zero-order valence-corrected chi connectivity index (χ0v) is 20.1. The van der Waals surface area contributed by atoms with Gasteiger partial charge in [0, 0.05) is 11.0 Å². The summed E-state index contributed by atoms with van der Waals surface area (Å²) in [6.45, 7) is 2.63. The van der Waals surface area contributed by atoms with Crippen molar-refractivity contribution >= 4 is 34.2 Å². The van der Waals surface area contributed by atoms with Crippen LogP contribution in [-0.4, -0.2) is 18.9 Å². The molecule has 1 unspecified atom stereocenters. The van der Waals surface area contributed by atoms with Gasteiger partial charge in [0.25, 0.3) is 5.91 Å². The minimum absolute atomic E-state index is 0.322. The van der Waals surface area contributed by atoms with Gasteiger partial charge in [0.05, 0.1) is 12.7 Å². The van der Waals surface area contributed by atoms with Gasteiger partial charge in [0.2, 0.25) is 5.91 Å². The van der Waals surface area contributed by atoms with Gasteiger partial charge in [0.15, 0.2) is 11.5 Å². The van der Waals surface area contributed by atoms with Crippen molar-refractivity contribution in [3.63, 3.8) is 0 Å². The molecule has 0 saturated carbocycles. The highest BCUT2D eigenvalue weighted by atomic mass is 32.1. The molecule has 0 spiro atoms. The number of methoxy groups -OCH3 is 1. The largest absolute Gasteiger partial charge is 0.493 e. The number of nitrogens with one attached hydrogen (secondary N) is 1. The smallest absolute Gasteiger partial charge is 0.251 e. The zero-order chi connectivity index (χ0) is 24.1. The topological polar surface area (TPSA) is 90.6 Å². The van der Waals surface area contributed by atoms with Crippen LogP contribution in [0.5, 0.6) is 11.5 Å². The average Bonchev–Trinajstić information content (AvgIpc) is 3.19. The number of thiophene rings is 1. The molecular formula is C27H28N2O4S. The van der Waals surface area contributed by atoms with Crippen molar-refractivity contribution in [2.75, 3.05) is 12.4 Å². The standard InChI is InChI=1S/C27H28N2O4S/c1-17-8-11-20-23(14-17)34-27(25(20)26(28)31)29-24(30)13-10-18-9-12-21(22(15-18)32-2)33-16-19-6-4-3-5-7-19/h3-7,9-10,12-13,15,17H,8,11,14,16H2,1-2H3,(H2,28,31)(H,29,30). The molecule has 176 valence electrons. The van der Waals surface area contributed by atoms with E-state index in [-0.39, 0.29) is 5.91 Å². The van der Waals surface area contributed by atoms with Gasteiger partial charge in [-0.05, 0) is 60.1 Å². The Labute approximate surface area is 203 Å². The summed E-state index contributed by atoms with van der Waals surface area (Å²) in [4.78, 5) is 25.8. The van der Waals surface area contributed by atoms with Crippen molar-refractivity contribution in [3.05, 3.63) is 81.7 Å². The first-order valence-corrected chi connectivity index (χ1v) is 12.0. The van der Waals surface area contributed by atoms with E-state index in [9.17, 15) is 9.59 Å². The van der Waals surface area contributed by atoms with E-state index in [1.54, 1.807) is 13.2 Å². The van der Waals surface area contributed by atoms with E-state index in [0.29, 0.717) is 34.6 Å². The number of amides is 2. The highest BCUT2D eigenvalue weighted by molar-refractivity contribution is 7.17. The molecule has 3 aromatic rings. The average molecular weight is 477 g/mol. The van der Waals surface area contributed by atoms with Gasteiger partial charge in [-0.2, -0.15) is 0 Å². The van der Waals surface area contributed by atoms with Gasteiger partial charge in [-0.3, -0.25) is 9.59 Å². The Bertz CT molecular complexity index is 1220. The lowest BCUT2D eigenvalue weighted by molar-refractivity contribution is -0.111. The third-order valence-corrected chi connectivity index (χ3v) is 7.02. The molecular weight excluding hydrogens is 448 g/mol. The van der Waals surface area contributed by atoms with Crippen LogP contribution in [0.2, 0.25) is 0 Å². The summed E-state index contributed by atoms with van der Waals surface area (Å²) in [6.07, 6.45) is 5.87. The Morgan fingerprint density at radius 1 is 1.18 bits per heavy atom. The van der Waals surface area contributed by atoms with Crippen LogP contribution >= 0.6 is 11.3 Å². The Balaban J connectivity index is 1.44. The maximum atomic E-state index is 12.6. The quantitative estimate of drug-likeness (QED) is 0.437. The van der Waals surface area contributed by atoms with Crippen LogP contribution in [0.3, 0.4) is 0 Å². The van der Waals surface area contributed by atoms with Crippen molar-refractivity contribution in [2.45, 2.75) is 32.8 Å². The Morgan fingerprint density at radius 3 is 2.71 bits per heavy atom. The number of ether oxygens (including phenoxy) is 2. The second-order valence-corrected chi connectivity index (χ2v) is 9.53. The highest BCUT2D eigenvalue weighted by Gasteiger charge is 2.26. The van der Waals surface area contributed by atoms with E-state index >= 15 is 0 Å². The van der Waals surface area contributed by atoms with Crippen LogP contribution in [-0.2, 0) is 24.2 Å². The van der Waals surface area contributed by atoms with Crippen molar-refractivity contribution in [3.8, 4) is 11.5 Å². The molecule has 4 rings (SSSR count). The number of hydrogen-bond donors (Lipinski definition) is 2. The second kappa shape index (κ2) is 10.6. The molecule has 3 N–H and O–H groups in total. The lowest BCUT2D eigenvalue weighted by Gasteiger charge is -2.18. The summed E-state index contributed by atoms with van der Waals surface area (Å²) >= 11 is 1.45. The molecule has 0 aliphatic heterocycles. The Morgan fingerprint density at radius 2 is 1.97 bits per heavy atom. The van der Waals surface area contributed by atoms with Gasteiger partial charge in [-0.1, -0.05) is 43.3 Å². The molecule has 2 amide bonds. The summed E-state index contributed by atoms with van der Waals surface area (Å²) < 4.78 is 11.4. The molecule has 1 aliphatic rings. The van der Waals surface area contributed by atoms with Crippen molar-refractivity contribution < 1.29 is 19.1 Å². The molecule has 0 bridgehead atoms. The highest BCUT2D eigenvalue weighted by Crippen LogP contribution is 2.39. The molecule has 6 nitrogen and oxygen atoms in total. The van der Waals surface area contributed by atoms with E-state index in [0.717, 1.165) is 40.8 Å². The molecule has 1 aromatic heterocycles. The van der Waals surface area contributed by atoms with Crippen LogP contribution in [0, 0.1) is 5.92 Å². The van der Waals surface area contributed by atoms with Crippen molar-refractivity contribution in [1.82, 2.24) is 0 Å². The van der Waals surface area contributed by atoms with Gasteiger partial charge in [0.1, 0.15) is 11.6 Å². The van der Waals surface area contributed by atoms with Crippen molar-refractivity contribution in [1.29, 1.82) is 0 Å². The fourth-order valence-electron chi connectivity index (χ4n) is 4.07. The van der Waals surface area contributed by atoms with E-state index in [2.05, 4.69) is 12.2 Å².